The summed E-state index contributed by atoms with van der Waals surface area (Å²) in [5, 5.41) is 0. The van der Waals surface area contributed by atoms with Gasteiger partial charge in [-0.15, -0.1) is 0 Å². The number of cyclic esters (lactones) is 1. The molecular formula is C17H28O4. The van der Waals surface area contributed by atoms with Gasteiger partial charge in [-0.25, -0.2) is 0 Å². The molecule has 4 heteroatoms. The monoisotopic (exact) mass is 296 g/mol. The number of fused-ring (bicyclic) bond motifs is 1. The lowest BCUT2D eigenvalue weighted by molar-refractivity contribution is -0.185. The van der Waals surface area contributed by atoms with Crippen molar-refractivity contribution in [3.63, 3.8) is 0 Å². The van der Waals surface area contributed by atoms with Crippen molar-refractivity contribution in [2.45, 2.75) is 52.7 Å². The Morgan fingerprint density at radius 2 is 2.10 bits per heavy atom. The number of hydrogen-bond donors (Lipinski definition) is 0. The maximum absolute atomic E-state index is 12.5. The first-order chi connectivity index (χ1) is 9.95. The quantitative estimate of drug-likeness (QED) is 0.444. The van der Waals surface area contributed by atoms with E-state index in [1.807, 2.05) is 6.92 Å². The van der Waals surface area contributed by atoms with Crippen molar-refractivity contribution in [2.75, 3.05) is 13.9 Å². The molecule has 1 fully saturated rings. The number of carbonyl (C=O) groups is 1. The smallest absolute Gasteiger partial charge is 0.310 e. The summed E-state index contributed by atoms with van der Waals surface area (Å²) in [6.07, 6.45) is 3.83. The van der Waals surface area contributed by atoms with Crippen molar-refractivity contribution in [1.29, 1.82) is 0 Å². The molecule has 21 heavy (non-hydrogen) atoms. The van der Waals surface area contributed by atoms with E-state index in [9.17, 15) is 4.79 Å². The molecule has 1 saturated heterocycles. The summed E-state index contributed by atoms with van der Waals surface area (Å²) in [6.45, 7) is 8.70. The molecule has 120 valence electrons. The number of ether oxygens (including phenoxy) is 3. The van der Waals surface area contributed by atoms with Gasteiger partial charge in [-0.2, -0.15) is 0 Å². The molecule has 2 rings (SSSR count). The van der Waals surface area contributed by atoms with E-state index in [0.717, 1.165) is 12.8 Å². The molecule has 5 atom stereocenters. The van der Waals surface area contributed by atoms with Crippen molar-refractivity contribution in [1.82, 2.24) is 0 Å². The van der Waals surface area contributed by atoms with Gasteiger partial charge in [0.25, 0.3) is 0 Å². The Hall–Kier alpha value is -0.870. The van der Waals surface area contributed by atoms with E-state index in [4.69, 9.17) is 14.2 Å². The minimum atomic E-state index is -0.178. The number of allylic oxidation sites excluding steroid dienone is 2. The van der Waals surface area contributed by atoms with Crippen LogP contribution in [0.15, 0.2) is 11.6 Å². The zero-order chi connectivity index (χ0) is 15.6. The van der Waals surface area contributed by atoms with E-state index in [2.05, 4.69) is 26.8 Å². The van der Waals surface area contributed by atoms with Crippen molar-refractivity contribution in [2.24, 2.45) is 23.7 Å². The summed E-state index contributed by atoms with van der Waals surface area (Å²) in [4.78, 5) is 12.5. The molecule has 4 nitrogen and oxygen atoms in total. The molecular weight excluding hydrogens is 268 g/mol. The summed E-state index contributed by atoms with van der Waals surface area (Å²) in [6, 6.07) is 0. The molecule has 0 amide bonds. The summed E-state index contributed by atoms with van der Waals surface area (Å²) >= 11 is 0. The fraction of sp³-hybridized carbons (Fsp3) is 0.824. The Balaban J connectivity index is 2.12. The maximum atomic E-state index is 12.5. The first kappa shape index (κ1) is 16.5. The van der Waals surface area contributed by atoms with E-state index in [1.165, 1.54) is 5.57 Å². The fourth-order valence-corrected chi connectivity index (χ4v) is 3.66. The van der Waals surface area contributed by atoms with Gasteiger partial charge in [-0.1, -0.05) is 25.5 Å². The van der Waals surface area contributed by atoms with Crippen molar-refractivity contribution < 1.29 is 19.0 Å². The zero-order valence-electron chi connectivity index (χ0n) is 13.8. The highest BCUT2D eigenvalue weighted by Crippen LogP contribution is 2.45. The van der Waals surface area contributed by atoms with E-state index in [-0.39, 0.29) is 30.9 Å². The number of methoxy groups -OCH3 is 1. The minimum Gasteiger partial charge on any atom is -0.459 e. The van der Waals surface area contributed by atoms with Crippen molar-refractivity contribution in [3.8, 4) is 0 Å². The van der Waals surface area contributed by atoms with Gasteiger partial charge >= 0.3 is 5.97 Å². The second-order valence-electron chi connectivity index (χ2n) is 6.71. The lowest BCUT2D eigenvalue weighted by atomic mass is 9.65. The summed E-state index contributed by atoms with van der Waals surface area (Å²) in [5.74, 6) is 1.15. The highest BCUT2D eigenvalue weighted by molar-refractivity contribution is 5.75. The fourth-order valence-electron chi connectivity index (χ4n) is 3.66. The third-order valence-corrected chi connectivity index (χ3v) is 5.05. The van der Waals surface area contributed by atoms with Crippen LogP contribution in [0.3, 0.4) is 0 Å². The lowest BCUT2D eigenvalue weighted by Crippen LogP contribution is -2.48. The maximum Gasteiger partial charge on any atom is 0.310 e. The summed E-state index contributed by atoms with van der Waals surface area (Å²) in [5.41, 5.74) is 1.33. The second kappa shape index (κ2) is 6.93. The van der Waals surface area contributed by atoms with Crippen LogP contribution in [0.2, 0.25) is 0 Å². The van der Waals surface area contributed by atoms with Gasteiger partial charge in [-0.3, -0.25) is 4.79 Å². The van der Waals surface area contributed by atoms with Crippen LogP contribution in [0.1, 0.15) is 40.5 Å². The standard InChI is InChI=1S/C17H28O4/c1-10(2)13-7-6-11(3)14-8-15(12(4)20-9-19-5)21-17(18)16(13)14/h6,10,12-16H,7-9H2,1-5H3/t12-,13+,14+,15+,16+/m0/s1. The Labute approximate surface area is 127 Å². The van der Waals surface area contributed by atoms with Crippen molar-refractivity contribution >= 4 is 5.97 Å². The number of esters is 1. The number of carbonyl (C=O) groups excluding carboxylic acids is 1. The van der Waals surface area contributed by atoms with E-state index in [0.29, 0.717) is 17.8 Å². The largest absolute Gasteiger partial charge is 0.459 e. The van der Waals surface area contributed by atoms with Gasteiger partial charge in [0.2, 0.25) is 0 Å². The highest BCUT2D eigenvalue weighted by atomic mass is 16.7. The van der Waals surface area contributed by atoms with Crippen LogP contribution in [0.4, 0.5) is 0 Å². The molecule has 0 aromatic carbocycles. The van der Waals surface area contributed by atoms with E-state index >= 15 is 0 Å². The first-order valence-electron chi connectivity index (χ1n) is 7.93. The van der Waals surface area contributed by atoms with Crippen molar-refractivity contribution in [3.05, 3.63) is 11.6 Å². The van der Waals surface area contributed by atoms with Crippen LogP contribution < -0.4 is 0 Å². The molecule has 0 spiro atoms. The molecule has 1 aliphatic heterocycles. The Bertz CT molecular complexity index is 402. The molecule has 0 unspecified atom stereocenters. The molecule has 2 aliphatic rings. The minimum absolute atomic E-state index is 0.0147. The SMILES string of the molecule is COCO[C@@H](C)[C@H]1C[C@@H]2C(C)=CC[C@H](C(C)C)[C@H]2C(=O)O1. The summed E-state index contributed by atoms with van der Waals surface area (Å²) < 4.78 is 16.2. The van der Waals surface area contributed by atoms with Gasteiger partial charge in [0.1, 0.15) is 12.9 Å². The molecule has 1 heterocycles. The molecule has 0 aromatic rings. The molecule has 0 aromatic heterocycles. The van der Waals surface area contributed by atoms with Gasteiger partial charge < -0.3 is 14.2 Å². The Kier molecular flexibility index (Phi) is 5.44. The van der Waals surface area contributed by atoms with Crippen LogP contribution in [0, 0.1) is 23.7 Å². The predicted molar refractivity (Wildman–Crippen MR) is 80.6 cm³/mol. The van der Waals surface area contributed by atoms with Gasteiger partial charge in [0.05, 0.1) is 12.0 Å². The van der Waals surface area contributed by atoms with Gasteiger partial charge in [0, 0.05) is 7.11 Å². The molecule has 0 radical (unpaired) electrons. The molecule has 0 saturated carbocycles. The normalized spacial score (nSPS) is 34.2. The third-order valence-electron chi connectivity index (χ3n) is 5.05. The van der Waals surface area contributed by atoms with Gasteiger partial charge in [0.15, 0.2) is 0 Å². The van der Waals surface area contributed by atoms with Crippen LogP contribution in [0.25, 0.3) is 0 Å². The first-order valence-corrected chi connectivity index (χ1v) is 7.93. The molecule has 0 N–H and O–H groups in total. The number of rotatable bonds is 5. The summed E-state index contributed by atoms with van der Waals surface area (Å²) in [7, 11) is 1.59. The zero-order valence-corrected chi connectivity index (χ0v) is 13.8. The highest BCUT2D eigenvalue weighted by Gasteiger charge is 2.47. The van der Waals surface area contributed by atoms with E-state index < -0.39 is 0 Å². The van der Waals surface area contributed by atoms with Crippen LogP contribution in [-0.4, -0.2) is 32.1 Å². The Morgan fingerprint density at radius 3 is 2.71 bits per heavy atom. The second-order valence-corrected chi connectivity index (χ2v) is 6.71. The topological polar surface area (TPSA) is 44.8 Å². The lowest BCUT2D eigenvalue weighted by Gasteiger charge is -2.44. The molecule has 1 aliphatic carbocycles. The number of hydrogen-bond acceptors (Lipinski definition) is 4. The molecule has 0 bridgehead atoms. The Morgan fingerprint density at radius 1 is 1.38 bits per heavy atom. The predicted octanol–water partition coefficient (Wildman–Crippen LogP) is 3.17. The van der Waals surface area contributed by atoms with Crippen LogP contribution in [-0.2, 0) is 19.0 Å². The average molecular weight is 296 g/mol. The van der Waals surface area contributed by atoms with Crippen LogP contribution >= 0.6 is 0 Å². The van der Waals surface area contributed by atoms with Crippen LogP contribution in [0.5, 0.6) is 0 Å². The van der Waals surface area contributed by atoms with E-state index in [1.54, 1.807) is 7.11 Å². The third kappa shape index (κ3) is 3.49. The van der Waals surface area contributed by atoms with Gasteiger partial charge in [-0.05, 0) is 44.4 Å². The average Bonchev–Trinajstić information content (AvgIpc) is 2.45.